The molecule has 2 aromatic heterocycles. The summed E-state index contributed by atoms with van der Waals surface area (Å²) in [6, 6.07) is 14.4. The van der Waals surface area contributed by atoms with Crippen molar-refractivity contribution in [2.24, 2.45) is 0 Å². The summed E-state index contributed by atoms with van der Waals surface area (Å²) in [5.74, 6) is 1.33. The van der Waals surface area contributed by atoms with Crippen LogP contribution in [0.25, 0.3) is 10.9 Å². The zero-order valence-corrected chi connectivity index (χ0v) is 17.1. The smallest absolute Gasteiger partial charge is 0.269 e. The average molecular weight is 420 g/mol. The lowest BCUT2D eigenvalue weighted by atomic mass is 10.2. The van der Waals surface area contributed by atoms with Gasteiger partial charge < -0.3 is 15.4 Å². The standard InChI is InChI=1S/C22H18ClN5O2/c1-13-9-15(3-5-18(13)23)27-22-26-12-14-10-16(4-6-19(14)28-22)30-17-7-8-25-20(11-17)21(29)24-2/h3-12H,1-2H3,(H,24,29)(H,26,27,28). The molecule has 30 heavy (non-hydrogen) atoms. The molecule has 0 saturated carbocycles. The van der Waals surface area contributed by atoms with E-state index in [-0.39, 0.29) is 11.6 Å². The van der Waals surface area contributed by atoms with Gasteiger partial charge in [0.1, 0.15) is 17.2 Å². The van der Waals surface area contributed by atoms with Gasteiger partial charge in [0.05, 0.1) is 5.52 Å². The molecule has 2 aromatic carbocycles. The van der Waals surface area contributed by atoms with E-state index in [1.165, 1.54) is 6.20 Å². The van der Waals surface area contributed by atoms with E-state index < -0.39 is 0 Å². The number of hydrogen-bond donors (Lipinski definition) is 2. The number of ether oxygens (including phenoxy) is 1. The molecule has 8 heteroatoms. The van der Waals surface area contributed by atoms with Crippen molar-refractivity contribution in [3.63, 3.8) is 0 Å². The van der Waals surface area contributed by atoms with Crippen LogP contribution in [0.1, 0.15) is 16.1 Å². The largest absolute Gasteiger partial charge is 0.457 e. The third-order valence-electron chi connectivity index (χ3n) is 4.39. The Labute approximate surface area is 178 Å². The molecule has 0 fully saturated rings. The van der Waals surface area contributed by atoms with Crippen molar-refractivity contribution in [1.82, 2.24) is 20.3 Å². The second-order valence-electron chi connectivity index (χ2n) is 6.56. The molecule has 0 unspecified atom stereocenters. The Hall–Kier alpha value is -3.71. The topological polar surface area (TPSA) is 89.0 Å². The molecule has 7 nitrogen and oxygen atoms in total. The van der Waals surface area contributed by atoms with Gasteiger partial charge in [-0.3, -0.25) is 9.78 Å². The summed E-state index contributed by atoms with van der Waals surface area (Å²) >= 11 is 6.07. The van der Waals surface area contributed by atoms with Gasteiger partial charge in [-0.2, -0.15) is 0 Å². The van der Waals surface area contributed by atoms with Crippen LogP contribution < -0.4 is 15.4 Å². The fourth-order valence-electron chi connectivity index (χ4n) is 2.85. The molecule has 0 aliphatic heterocycles. The molecule has 0 spiro atoms. The summed E-state index contributed by atoms with van der Waals surface area (Å²) < 4.78 is 5.87. The fraction of sp³-hybridized carbons (Fsp3) is 0.0909. The maximum absolute atomic E-state index is 11.7. The maximum Gasteiger partial charge on any atom is 0.269 e. The molecule has 1 amide bonds. The first-order chi connectivity index (χ1) is 14.5. The molecule has 4 aromatic rings. The number of hydrogen-bond acceptors (Lipinski definition) is 6. The normalized spacial score (nSPS) is 10.6. The maximum atomic E-state index is 11.7. The number of benzene rings is 2. The molecule has 2 N–H and O–H groups in total. The van der Waals surface area contributed by atoms with Crippen LogP contribution in [0.2, 0.25) is 5.02 Å². The highest BCUT2D eigenvalue weighted by atomic mass is 35.5. The highest BCUT2D eigenvalue weighted by molar-refractivity contribution is 6.31. The van der Waals surface area contributed by atoms with Crippen LogP contribution in [0, 0.1) is 6.92 Å². The van der Waals surface area contributed by atoms with Crippen LogP contribution in [0.4, 0.5) is 11.6 Å². The third-order valence-corrected chi connectivity index (χ3v) is 4.82. The summed E-state index contributed by atoms with van der Waals surface area (Å²) in [5, 5.41) is 7.26. The van der Waals surface area contributed by atoms with E-state index >= 15 is 0 Å². The van der Waals surface area contributed by atoms with E-state index in [2.05, 4.69) is 25.6 Å². The molecule has 4 rings (SSSR count). The Kier molecular flexibility index (Phi) is 5.45. The number of anilines is 2. The summed E-state index contributed by atoms with van der Waals surface area (Å²) in [6.45, 7) is 1.94. The number of carbonyl (C=O) groups is 1. The van der Waals surface area contributed by atoms with E-state index in [9.17, 15) is 4.79 Å². The summed E-state index contributed by atoms with van der Waals surface area (Å²) in [6.07, 6.45) is 3.25. The SMILES string of the molecule is CNC(=O)c1cc(Oc2ccc3nc(Nc4ccc(Cl)c(C)c4)ncc3c2)ccn1. The number of fused-ring (bicyclic) bond motifs is 1. The molecule has 2 heterocycles. The molecular formula is C22H18ClN5O2. The van der Waals surface area contributed by atoms with Crippen molar-refractivity contribution in [2.75, 3.05) is 12.4 Å². The molecule has 0 radical (unpaired) electrons. The summed E-state index contributed by atoms with van der Waals surface area (Å²) in [7, 11) is 1.55. The van der Waals surface area contributed by atoms with Gasteiger partial charge in [0.15, 0.2) is 0 Å². The first-order valence-corrected chi connectivity index (χ1v) is 9.55. The number of halogens is 1. The van der Waals surface area contributed by atoms with E-state index in [1.54, 1.807) is 25.4 Å². The van der Waals surface area contributed by atoms with Gasteiger partial charge in [-0.1, -0.05) is 11.6 Å². The first kappa shape index (κ1) is 19.6. The van der Waals surface area contributed by atoms with Crippen molar-refractivity contribution in [3.05, 3.63) is 77.2 Å². The average Bonchev–Trinajstić information content (AvgIpc) is 2.76. The van der Waals surface area contributed by atoms with E-state index in [1.807, 2.05) is 43.3 Å². The van der Waals surface area contributed by atoms with Gasteiger partial charge >= 0.3 is 0 Å². The highest BCUT2D eigenvalue weighted by Crippen LogP contribution is 2.26. The van der Waals surface area contributed by atoms with Crippen LogP contribution in [0.15, 0.2) is 60.9 Å². The Bertz CT molecular complexity index is 1250. The van der Waals surface area contributed by atoms with Crippen LogP contribution in [0.5, 0.6) is 11.5 Å². The molecule has 0 aliphatic rings. The molecule has 0 aliphatic carbocycles. The minimum atomic E-state index is -0.275. The van der Waals surface area contributed by atoms with Crippen molar-refractivity contribution in [1.29, 1.82) is 0 Å². The number of pyridine rings is 1. The zero-order valence-electron chi connectivity index (χ0n) is 16.3. The number of aromatic nitrogens is 3. The van der Waals surface area contributed by atoms with E-state index in [0.29, 0.717) is 22.5 Å². The van der Waals surface area contributed by atoms with Gasteiger partial charge in [-0.25, -0.2) is 9.97 Å². The number of nitrogens with zero attached hydrogens (tertiary/aromatic N) is 3. The Morgan fingerprint density at radius 2 is 1.87 bits per heavy atom. The monoisotopic (exact) mass is 419 g/mol. The number of amides is 1. The predicted molar refractivity (Wildman–Crippen MR) is 117 cm³/mol. The van der Waals surface area contributed by atoms with E-state index in [0.717, 1.165) is 22.2 Å². The Balaban J connectivity index is 1.54. The lowest BCUT2D eigenvalue weighted by Gasteiger charge is -2.09. The van der Waals surface area contributed by atoms with Gasteiger partial charge in [0.2, 0.25) is 5.95 Å². The Morgan fingerprint density at radius 1 is 1.03 bits per heavy atom. The molecule has 0 saturated heterocycles. The molecule has 0 bridgehead atoms. The number of nitrogens with one attached hydrogen (secondary N) is 2. The van der Waals surface area contributed by atoms with Crippen LogP contribution in [-0.2, 0) is 0 Å². The second-order valence-corrected chi connectivity index (χ2v) is 6.97. The summed E-state index contributed by atoms with van der Waals surface area (Å²) in [4.78, 5) is 24.7. The van der Waals surface area contributed by atoms with Gasteiger partial charge in [-0.15, -0.1) is 0 Å². The predicted octanol–water partition coefficient (Wildman–Crippen LogP) is 4.88. The van der Waals surface area contributed by atoms with Gasteiger partial charge in [0, 0.05) is 41.6 Å². The van der Waals surface area contributed by atoms with Gasteiger partial charge in [-0.05, 0) is 55.0 Å². The van der Waals surface area contributed by atoms with Crippen molar-refractivity contribution >= 4 is 40.0 Å². The number of rotatable bonds is 5. The third kappa shape index (κ3) is 4.31. The fourth-order valence-corrected chi connectivity index (χ4v) is 2.97. The minimum Gasteiger partial charge on any atom is -0.457 e. The highest BCUT2D eigenvalue weighted by Gasteiger charge is 2.08. The van der Waals surface area contributed by atoms with Crippen molar-refractivity contribution in [3.8, 4) is 11.5 Å². The zero-order chi connectivity index (χ0) is 21.1. The lowest BCUT2D eigenvalue weighted by Crippen LogP contribution is -2.18. The number of carbonyl (C=O) groups excluding carboxylic acids is 1. The Morgan fingerprint density at radius 3 is 2.67 bits per heavy atom. The van der Waals surface area contributed by atoms with E-state index in [4.69, 9.17) is 16.3 Å². The second kappa shape index (κ2) is 8.34. The quantitative estimate of drug-likeness (QED) is 0.479. The first-order valence-electron chi connectivity index (χ1n) is 9.18. The van der Waals surface area contributed by atoms with Crippen molar-refractivity contribution < 1.29 is 9.53 Å². The summed E-state index contributed by atoms with van der Waals surface area (Å²) in [5.41, 5.74) is 2.89. The molecular weight excluding hydrogens is 402 g/mol. The lowest BCUT2D eigenvalue weighted by molar-refractivity contribution is 0.0958. The minimum absolute atomic E-state index is 0.275. The number of aryl methyl sites for hydroxylation is 1. The molecule has 0 atom stereocenters. The van der Waals surface area contributed by atoms with Crippen LogP contribution in [-0.4, -0.2) is 27.9 Å². The van der Waals surface area contributed by atoms with Gasteiger partial charge in [0.25, 0.3) is 5.91 Å². The van der Waals surface area contributed by atoms with Crippen LogP contribution >= 0.6 is 11.6 Å². The van der Waals surface area contributed by atoms with Crippen LogP contribution in [0.3, 0.4) is 0 Å². The molecule has 150 valence electrons. The van der Waals surface area contributed by atoms with Crippen molar-refractivity contribution in [2.45, 2.75) is 6.92 Å².